The average Bonchev–Trinajstić information content (AvgIpc) is 2.38. The third-order valence-corrected chi connectivity index (χ3v) is 2.85. The van der Waals surface area contributed by atoms with Crippen LogP contribution in [0.3, 0.4) is 0 Å². The Balaban J connectivity index is 2.20. The zero-order valence-electron chi connectivity index (χ0n) is 11.5. The van der Waals surface area contributed by atoms with Crippen LogP contribution in [-0.2, 0) is 6.54 Å². The molecule has 106 valence electrons. The summed E-state index contributed by atoms with van der Waals surface area (Å²) in [5.41, 5.74) is 1.10. The van der Waals surface area contributed by atoms with E-state index in [0.29, 0.717) is 34.7 Å². The number of aromatic nitrogens is 3. The van der Waals surface area contributed by atoms with Crippen molar-refractivity contribution in [2.24, 2.45) is 5.92 Å². The smallest absolute Gasteiger partial charge is 0.251 e. The topological polar surface area (TPSA) is 70.7 Å². The highest BCUT2D eigenvalue weighted by molar-refractivity contribution is 6.30. The van der Waals surface area contributed by atoms with Gasteiger partial charge in [-0.3, -0.25) is 9.78 Å². The largest absolute Gasteiger partial charge is 0.311 e. The fourth-order valence-electron chi connectivity index (χ4n) is 1.72. The van der Waals surface area contributed by atoms with E-state index in [0.717, 1.165) is 6.54 Å². The molecule has 0 aliphatic heterocycles. The monoisotopic (exact) mass is 292 g/mol. The second-order valence-corrected chi connectivity index (χ2v) is 5.41. The van der Waals surface area contributed by atoms with Crippen molar-refractivity contribution in [1.29, 1.82) is 0 Å². The lowest BCUT2D eigenvalue weighted by Crippen LogP contribution is -2.21. The van der Waals surface area contributed by atoms with Crippen LogP contribution in [0.4, 0.5) is 0 Å². The maximum atomic E-state index is 11.7. The molecule has 2 N–H and O–H groups in total. The summed E-state index contributed by atoms with van der Waals surface area (Å²) in [4.78, 5) is 22.9. The number of nitrogens with zero attached hydrogens (tertiary/aromatic N) is 2. The van der Waals surface area contributed by atoms with Crippen LogP contribution >= 0.6 is 11.6 Å². The number of nitrogens with one attached hydrogen (secondary N) is 2. The van der Waals surface area contributed by atoms with Crippen LogP contribution in [0.5, 0.6) is 0 Å². The van der Waals surface area contributed by atoms with Crippen LogP contribution in [0.15, 0.2) is 29.2 Å². The van der Waals surface area contributed by atoms with Gasteiger partial charge in [-0.05, 0) is 24.6 Å². The lowest BCUT2D eigenvalue weighted by molar-refractivity contribution is 0.548. The predicted octanol–water partition coefficient (Wildman–Crippen LogP) is 2.23. The predicted molar refractivity (Wildman–Crippen MR) is 79.6 cm³/mol. The molecule has 0 saturated heterocycles. The molecule has 20 heavy (non-hydrogen) atoms. The summed E-state index contributed by atoms with van der Waals surface area (Å²) in [5.74, 6) is 1.00. The lowest BCUT2D eigenvalue weighted by Gasteiger charge is -2.07. The van der Waals surface area contributed by atoms with E-state index < -0.39 is 0 Å². The van der Waals surface area contributed by atoms with E-state index in [1.165, 1.54) is 12.3 Å². The first-order valence-corrected chi connectivity index (χ1v) is 6.85. The molecule has 2 rings (SSSR count). The first-order valence-electron chi connectivity index (χ1n) is 6.47. The third-order valence-electron chi connectivity index (χ3n) is 2.62. The van der Waals surface area contributed by atoms with Crippen LogP contribution in [0.1, 0.15) is 19.5 Å². The van der Waals surface area contributed by atoms with Crippen LogP contribution < -0.4 is 10.9 Å². The SMILES string of the molecule is CC(C)CNCc1cc(=O)[nH]c(-c2ccc(Cl)cn2)n1. The van der Waals surface area contributed by atoms with Crippen molar-refractivity contribution < 1.29 is 0 Å². The Morgan fingerprint density at radius 3 is 2.85 bits per heavy atom. The van der Waals surface area contributed by atoms with E-state index >= 15 is 0 Å². The van der Waals surface area contributed by atoms with Crippen LogP contribution in [0, 0.1) is 5.92 Å². The number of aromatic amines is 1. The van der Waals surface area contributed by atoms with Gasteiger partial charge in [0.25, 0.3) is 5.56 Å². The molecular formula is C14H17ClN4O. The van der Waals surface area contributed by atoms with Gasteiger partial charge in [-0.15, -0.1) is 0 Å². The quantitative estimate of drug-likeness (QED) is 0.886. The fraction of sp³-hybridized carbons (Fsp3) is 0.357. The minimum absolute atomic E-state index is 0.187. The summed E-state index contributed by atoms with van der Waals surface area (Å²) in [7, 11) is 0. The van der Waals surface area contributed by atoms with Crippen LogP contribution in [-0.4, -0.2) is 21.5 Å². The Morgan fingerprint density at radius 2 is 2.20 bits per heavy atom. The van der Waals surface area contributed by atoms with Gasteiger partial charge in [0, 0.05) is 18.8 Å². The van der Waals surface area contributed by atoms with E-state index in [2.05, 4.69) is 34.1 Å². The van der Waals surface area contributed by atoms with Gasteiger partial charge in [0.1, 0.15) is 5.69 Å². The summed E-state index contributed by atoms with van der Waals surface area (Å²) in [6, 6.07) is 4.94. The van der Waals surface area contributed by atoms with E-state index in [1.54, 1.807) is 12.1 Å². The molecule has 6 heteroatoms. The van der Waals surface area contributed by atoms with Crippen molar-refractivity contribution >= 4 is 11.6 Å². The molecule has 0 atom stereocenters. The van der Waals surface area contributed by atoms with Crippen molar-refractivity contribution in [2.75, 3.05) is 6.54 Å². The maximum absolute atomic E-state index is 11.7. The van der Waals surface area contributed by atoms with Crippen molar-refractivity contribution in [3.8, 4) is 11.5 Å². The van der Waals surface area contributed by atoms with Gasteiger partial charge >= 0.3 is 0 Å². The van der Waals surface area contributed by atoms with Gasteiger partial charge in [0.15, 0.2) is 5.82 Å². The normalized spacial score (nSPS) is 11.0. The summed E-state index contributed by atoms with van der Waals surface area (Å²) < 4.78 is 0. The molecule has 0 aliphatic rings. The highest BCUT2D eigenvalue weighted by Crippen LogP contribution is 2.13. The van der Waals surface area contributed by atoms with E-state index in [-0.39, 0.29) is 5.56 Å². The molecule has 0 unspecified atom stereocenters. The molecular weight excluding hydrogens is 276 g/mol. The minimum atomic E-state index is -0.187. The number of hydrogen-bond donors (Lipinski definition) is 2. The van der Waals surface area contributed by atoms with Gasteiger partial charge in [-0.25, -0.2) is 4.98 Å². The Kier molecular flexibility index (Phi) is 4.87. The molecule has 2 aromatic rings. The van der Waals surface area contributed by atoms with E-state index in [9.17, 15) is 4.79 Å². The Morgan fingerprint density at radius 1 is 1.40 bits per heavy atom. The van der Waals surface area contributed by atoms with Crippen molar-refractivity contribution in [1.82, 2.24) is 20.3 Å². The molecule has 0 aliphatic carbocycles. The molecule has 0 spiro atoms. The molecule has 0 bridgehead atoms. The zero-order valence-corrected chi connectivity index (χ0v) is 12.2. The van der Waals surface area contributed by atoms with E-state index in [1.807, 2.05) is 0 Å². The average molecular weight is 293 g/mol. The van der Waals surface area contributed by atoms with Crippen molar-refractivity contribution in [2.45, 2.75) is 20.4 Å². The molecule has 0 fully saturated rings. The number of rotatable bonds is 5. The molecule has 0 radical (unpaired) electrons. The summed E-state index contributed by atoms with van der Waals surface area (Å²) in [5, 5.41) is 3.81. The van der Waals surface area contributed by atoms with Crippen molar-refractivity contribution in [3.05, 3.63) is 45.5 Å². The standard InChI is InChI=1S/C14H17ClN4O/c1-9(2)6-16-8-11-5-13(20)19-14(18-11)12-4-3-10(15)7-17-12/h3-5,7,9,16H,6,8H2,1-2H3,(H,18,19,20). The van der Waals surface area contributed by atoms with Crippen LogP contribution in [0.2, 0.25) is 5.02 Å². The number of H-pyrrole nitrogens is 1. The van der Waals surface area contributed by atoms with Gasteiger partial charge in [0.05, 0.1) is 10.7 Å². The highest BCUT2D eigenvalue weighted by atomic mass is 35.5. The Labute approximate surface area is 122 Å². The Hall–Kier alpha value is -1.72. The first kappa shape index (κ1) is 14.7. The summed E-state index contributed by atoms with van der Waals surface area (Å²) in [6.45, 7) is 5.69. The molecule has 5 nitrogen and oxygen atoms in total. The van der Waals surface area contributed by atoms with E-state index in [4.69, 9.17) is 11.6 Å². The Bertz CT molecular complexity index is 622. The minimum Gasteiger partial charge on any atom is -0.311 e. The maximum Gasteiger partial charge on any atom is 0.251 e. The summed E-state index contributed by atoms with van der Waals surface area (Å²) >= 11 is 5.79. The molecule has 2 aromatic heterocycles. The second-order valence-electron chi connectivity index (χ2n) is 4.97. The van der Waals surface area contributed by atoms with Gasteiger partial charge in [-0.1, -0.05) is 25.4 Å². The fourth-order valence-corrected chi connectivity index (χ4v) is 1.84. The highest BCUT2D eigenvalue weighted by Gasteiger charge is 2.05. The second kappa shape index (κ2) is 6.63. The van der Waals surface area contributed by atoms with Crippen LogP contribution in [0.25, 0.3) is 11.5 Å². The number of pyridine rings is 1. The molecule has 2 heterocycles. The van der Waals surface area contributed by atoms with Gasteiger partial charge < -0.3 is 10.3 Å². The zero-order chi connectivity index (χ0) is 14.5. The molecule has 0 saturated carbocycles. The van der Waals surface area contributed by atoms with Gasteiger partial charge in [-0.2, -0.15) is 0 Å². The lowest BCUT2D eigenvalue weighted by atomic mass is 10.2. The third kappa shape index (κ3) is 4.15. The summed E-state index contributed by atoms with van der Waals surface area (Å²) in [6.07, 6.45) is 1.53. The van der Waals surface area contributed by atoms with Crippen molar-refractivity contribution in [3.63, 3.8) is 0 Å². The van der Waals surface area contributed by atoms with Gasteiger partial charge in [0.2, 0.25) is 0 Å². The molecule has 0 amide bonds. The first-order chi connectivity index (χ1) is 9.54. The number of halogens is 1. The molecule has 0 aromatic carbocycles. The number of hydrogen-bond acceptors (Lipinski definition) is 4.